The highest BCUT2D eigenvalue weighted by molar-refractivity contribution is 7.89. The van der Waals surface area contributed by atoms with Crippen molar-refractivity contribution >= 4 is 43.2 Å². The zero-order valence-corrected chi connectivity index (χ0v) is 19.8. The maximum absolute atomic E-state index is 13.0. The molecule has 1 aliphatic rings. The third-order valence-electron chi connectivity index (χ3n) is 5.45. The summed E-state index contributed by atoms with van der Waals surface area (Å²) in [6.07, 6.45) is 0. The second-order valence-corrected chi connectivity index (χ2v) is 10.9. The maximum atomic E-state index is 13.0. The Morgan fingerprint density at radius 2 is 1.84 bits per heavy atom. The van der Waals surface area contributed by atoms with Gasteiger partial charge in [-0.2, -0.15) is 4.31 Å². The average Bonchev–Trinajstić information content (AvgIpc) is 3.09. The van der Waals surface area contributed by atoms with Crippen molar-refractivity contribution in [2.75, 3.05) is 31.6 Å². The minimum absolute atomic E-state index is 0.0375. The molecule has 3 aromatic rings. The zero-order chi connectivity index (χ0) is 23.0. The number of carbonyl (C=O) groups excluding carboxylic acids is 1. The van der Waals surface area contributed by atoms with Crippen LogP contribution in [0.3, 0.4) is 0 Å². The van der Waals surface area contributed by atoms with Gasteiger partial charge in [0.05, 0.1) is 28.3 Å². The van der Waals surface area contributed by atoms with Crippen LogP contribution in [-0.4, -0.2) is 49.5 Å². The molecule has 1 aromatic heterocycles. The minimum Gasteiger partial charge on any atom is -0.379 e. The van der Waals surface area contributed by atoms with Crippen molar-refractivity contribution in [3.63, 3.8) is 0 Å². The van der Waals surface area contributed by atoms with Crippen LogP contribution in [0.2, 0.25) is 0 Å². The van der Waals surface area contributed by atoms with Crippen LogP contribution >= 0.6 is 11.3 Å². The van der Waals surface area contributed by atoms with Crippen molar-refractivity contribution in [2.45, 2.75) is 31.7 Å². The SMILES string of the molecule is Cc1ccc(S(=O)(=O)N2CCOCC2)cc1C(=O)Nc1ccc2c(c1)sc(=O)n2C(C)C. The van der Waals surface area contributed by atoms with E-state index in [0.29, 0.717) is 24.5 Å². The second-order valence-electron chi connectivity index (χ2n) is 7.96. The molecule has 170 valence electrons. The zero-order valence-electron chi connectivity index (χ0n) is 18.1. The molecule has 0 spiro atoms. The Labute approximate surface area is 190 Å². The first kappa shape index (κ1) is 22.7. The Balaban J connectivity index is 1.62. The largest absolute Gasteiger partial charge is 0.379 e. The maximum Gasteiger partial charge on any atom is 0.308 e. The van der Waals surface area contributed by atoms with Crippen LogP contribution < -0.4 is 10.2 Å². The first-order chi connectivity index (χ1) is 15.2. The molecule has 2 aromatic carbocycles. The van der Waals surface area contributed by atoms with Crippen molar-refractivity contribution in [1.82, 2.24) is 8.87 Å². The van der Waals surface area contributed by atoms with Crippen molar-refractivity contribution < 1.29 is 17.9 Å². The van der Waals surface area contributed by atoms with E-state index >= 15 is 0 Å². The van der Waals surface area contributed by atoms with Crippen LogP contribution in [-0.2, 0) is 14.8 Å². The molecule has 1 amide bonds. The molecule has 2 heterocycles. The quantitative estimate of drug-likeness (QED) is 0.611. The van der Waals surface area contributed by atoms with E-state index in [-0.39, 0.29) is 34.5 Å². The second kappa shape index (κ2) is 8.78. The first-order valence-electron chi connectivity index (χ1n) is 10.3. The standard InChI is InChI=1S/C22H25N3O5S2/c1-14(2)25-19-7-5-16(12-20(19)31-22(25)27)23-21(26)18-13-17(6-4-15(18)3)32(28,29)24-8-10-30-11-9-24/h4-7,12-14H,8-11H2,1-3H3,(H,23,26). The summed E-state index contributed by atoms with van der Waals surface area (Å²) in [5, 5.41) is 2.84. The molecule has 1 N–H and O–H groups in total. The Kier molecular flexibility index (Phi) is 6.22. The third-order valence-corrected chi connectivity index (χ3v) is 8.26. The molecule has 1 saturated heterocycles. The fourth-order valence-corrected chi connectivity index (χ4v) is 6.23. The number of fused-ring (bicyclic) bond motifs is 1. The van der Waals surface area contributed by atoms with E-state index in [0.717, 1.165) is 21.6 Å². The van der Waals surface area contributed by atoms with E-state index in [9.17, 15) is 18.0 Å². The summed E-state index contributed by atoms with van der Waals surface area (Å²) in [5.41, 5.74) is 2.32. The number of benzene rings is 2. The van der Waals surface area contributed by atoms with Crippen LogP contribution in [0.5, 0.6) is 0 Å². The molecule has 0 aliphatic carbocycles. The number of rotatable bonds is 5. The third kappa shape index (κ3) is 4.23. The van der Waals surface area contributed by atoms with Gasteiger partial charge in [-0.3, -0.25) is 14.2 Å². The summed E-state index contributed by atoms with van der Waals surface area (Å²) >= 11 is 1.13. The fraction of sp³-hybridized carbons (Fsp3) is 0.364. The number of nitrogens with one attached hydrogen (secondary N) is 1. The van der Waals surface area contributed by atoms with Gasteiger partial charge >= 0.3 is 4.87 Å². The number of aryl methyl sites for hydroxylation is 1. The van der Waals surface area contributed by atoms with Gasteiger partial charge in [0.2, 0.25) is 10.0 Å². The molecule has 1 fully saturated rings. The monoisotopic (exact) mass is 475 g/mol. The number of amides is 1. The van der Waals surface area contributed by atoms with Crippen LogP contribution in [0.15, 0.2) is 46.1 Å². The van der Waals surface area contributed by atoms with E-state index in [1.54, 1.807) is 29.7 Å². The molecule has 0 unspecified atom stereocenters. The lowest BCUT2D eigenvalue weighted by Gasteiger charge is -2.26. The van der Waals surface area contributed by atoms with E-state index in [4.69, 9.17) is 4.74 Å². The Hall–Kier alpha value is -2.53. The van der Waals surface area contributed by atoms with Gasteiger partial charge in [0, 0.05) is 30.4 Å². The van der Waals surface area contributed by atoms with Crippen LogP contribution in [0.4, 0.5) is 5.69 Å². The van der Waals surface area contributed by atoms with Gasteiger partial charge in [-0.15, -0.1) is 0 Å². The molecule has 8 nitrogen and oxygen atoms in total. The molecule has 0 atom stereocenters. The number of nitrogens with zero attached hydrogens (tertiary/aromatic N) is 2. The molecule has 0 radical (unpaired) electrons. The number of thiazole rings is 1. The molecular formula is C22H25N3O5S2. The number of aromatic nitrogens is 1. The molecule has 4 rings (SSSR count). The Bertz CT molecular complexity index is 1340. The predicted octanol–water partition coefficient (Wildman–Crippen LogP) is 3.23. The molecular weight excluding hydrogens is 450 g/mol. The topological polar surface area (TPSA) is 97.7 Å². The minimum atomic E-state index is -3.71. The Morgan fingerprint density at radius 1 is 1.12 bits per heavy atom. The molecule has 32 heavy (non-hydrogen) atoms. The van der Waals surface area contributed by atoms with Crippen molar-refractivity contribution in [1.29, 1.82) is 0 Å². The summed E-state index contributed by atoms with van der Waals surface area (Å²) in [6.45, 7) is 6.94. The number of carbonyl (C=O) groups is 1. The van der Waals surface area contributed by atoms with Gasteiger partial charge in [0.1, 0.15) is 0 Å². The smallest absolute Gasteiger partial charge is 0.308 e. The van der Waals surface area contributed by atoms with Gasteiger partial charge < -0.3 is 10.1 Å². The van der Waals surface area contributed by atoms with Gasteiger partial charge in [-0.1, -0.05) is 17.4 Å². The summed E-state index contributed by atoms with van der Waals surface area (Å²) in [7, 11) is -3.71. The lowest BCUT2D eigenvalue weighted by molar-refractivity contribution is 0.0730. The normalized spacial score (nSPS) is 15.4. The average molecular weight is 476 g/mol. The van der Waals surface area contributed by atoms with Gasteiger partial charge in [-0.25, -0.2) is 8.42 Å². The number of hydrogen-bond donors (Lipinski definition) is 1. The van der Waals surface area contributed by atoms with Gasteiger partial charge in [0.25, 0.3) is 5.91 Å². The van der Waals surface area contributed by atoms with E-state index in [2.05, 4.69) is 5.32 Å². The number of anilines is 1. The van der Waals surface area contributed by atoms with Gasteiger partial charge in [0.15, 0.2) is 0 Å². The number of morpholine rings is 1. The van der Waals surface area contributed by atoms with Crippen molar-refractivity contribution in [2.24, 2.45) is 0 Å². The Morgan fingerprint density at radius 3 is 2.53 bits per heavy atom. The van der Waals surface area contributed by atoms with Gasteiger partial charge in [-0.05, 0) is 56.7 Å². The number of ether oxygens (including phenoxy) is 1. The van der Waals surface area contributed by atoms with E-state index in [1.165, 1.54) is 16.4 Å². The lowest BCUT2D eigenvalue weighted by atomic mass is 10.1. The van der Waals surface area contributed by atoms with Crippen molar-refractivity contribution in [3.8, 4) is 0 Å². The first-order valence-corrected chi connectivity index (χ1v) is 12.6. The number of sulfonamides is 1. The predicted molar refractivity (Wildman–Crippen MR) is 125 cm³/mol. The number of hydrogen-bond acceptors (Lipinski definition) is 6. The fourth-order valence-electron chi connectivity index (χ4n) is 3.74. The molecule has 0 saturated carbocycles. The van der Waals surface area contributed by atoms with Crippen LogP contribution in [0.1, 0.15) is 35.8 Å². The lowest BCUT2D eigenvalue weighted by Crippen LogP contribution is -2.40. The summed E-state index contributed by atoms with van der Waals surface area (Å²) in [5.74, 6) is -0.406. The highest BCUT2D eigenvalue weighted by atomic mass is 32.2. The highest BCUT2D eigenvalue weighted by Crippen LogP contribution is 2.26. The molecule has 1 aliphatic heterocycles. The summed E-state index contributed by atoms with van der Waals surface area (Å²) in [4.78, 5) is 25.3. The summed E-state index contributed by atoms with van der Waals surface area (Å²) in [6, 6.07) is 9.94. The molecule has 0 bridgehead atoms. The van der Waals surface area contributed by atoms with E-state index in [1.807, 2.05) is 19.9 Å². The van der Waals surface area contributed by atoms with Crippen LogP contribution in [0.25, 0.3) is 10.2 Å². The molecule has 10 heteroatoms. The van der Waals surface area contributed by atoms with E-state index < -0.39 is 15.9 Å². The van der Waals surface area contributed by atoms with Crippen LogP contribution in [0, 0.1) is 6.92 Å². The van der Waals surface area contributed by atoms with Crippen molar-refractivity contribution in [3.05, 3.63) is 57.2 Å². The summed E-state index contributed by atoms with van der Waals surface area (Å²) < 4.78 is 35.1. The highest BCUT2D eigenvalue weighted by Gasteiger charge is 2.27.